The summed E-state index contributed by atoms with van der Waals surface area (Å²) < 4.78 is 12.3. The summed E-state index contributed by atoms with van der Waals surface area (Å²) in [4.78, 5) is 19.4. The second-order valence-electron chi connectivity index (χ2n) is 6.93. The molecule has 0 aromatic heterocycles. The van der Waals surface area contributed by atoms with Crippen LogP contribution in [0.2, 0.25) is 0 Å². The van der Waals surface area contributed by atoms with Crippen LogP contribution in [0.15, 0.2) is 53.5 Å². The number of hydrogen-bond acceptors (Lipinski definition) is 5. The maximum atomic E-state index is 12.5. The summed E-state index contributed by atoms with van der Waals surface area (Å²) in [7, 11) is 0. The molecule has 2 aromatic rings. The SMILES string of the molecule is O=C(Nc1ccc2c(c1)C1(OCCCO1)C1=NCCCN12)c1ccccc1. The molecule has 5 rings (SSSR count). The Balaban J connectivity index is 1.52. The number of aliphatic imine (C=N–C) groups is 1. The van der Waals surface area contributed by atoms with Gasteiger partial charge in [0.05, 0.1) is 18.9 Å². The van der Waals surface area contributed by atoms with E-state index in [1.54, 1.807) is 12.1 Å². The van der Waals surface area contributed by atoms with Gasteiger partial charge in [0.15, 0.2) is 5.84 Å². The Morgan fingerprint density at radius 3 is 2.70 bits per heavy atom. The Hall–Kier alpha value is -2.70. The summed E-state index contributed by atoms with van der Waals surface area (Å²) in [5.41, 5.74) is 3.32. The van der Waals surface area contributed by atoms with Gasteiger partial charge in [-0.1, -0.05) is 18.2 Å². The van der Waals surface area contributed by atoms with E-state index in [9.17, 15) is 4.79 Å². The molecule has 1 amide bonds. The van der Waals surface area contributed by atoms with Crippen molar-refractivity contribution in [3.05, 3.63) is 59.7 Å². The lowest BCUT2D eigenvalue weighted by molar-refractivity contribution is -0.228. The highest BCUT2D eigenvalue weighted by molar-refractivity contribution is 6.11. The van der Waals surface area contributed by atoms with Crippen molar-refractivity contribution < 1.29 is 14.3 Å². The van der Waals surface area contributed by atoms with E-state index in [-0.39, 0.29) is 5.91 Å². The van der Waals surface area contributed by atoms with Crippen LogP contribution in [0.4, 0.5) is 11.4 Å². The summed E-state index contributed by atoms with van der Waals surface area (Å²) in [6.07, 6.45) is 1.88. The number of anilines is 2. The number of ether oxygens (including phenoxy) is 2. The lowest BCUT2D eigenvalue weighted by Gasteiger charge is -2.36. The number of nitrogens with one attached hydrogen (secondary N) is 1. The summed E-state index contributed by atoms with van der Waals surface area (Å²) in [5, 5.41) is 2.98. The van der Waals surface area contributed by atoms with E-state index in [1.165, 1.54) is 0 Å². The molecule has 0 aliphatic carbocycles. The minimum absolute atomic E-state index is 0.136. The first-order valence-corrected chi connectivity index (χ1v) is 9.39. The quantitative estimate of drug-likeness (QED) is 0.890. The van der Waals surface area contributed by atoms with E-state index in [0.29, 0.717) is 18.8 Å². The first-order valence-electron chi connectivity index (χ1n) is 9.39. The van der Waals surface area contributed by atoms with Crippen LogP contribution in [-0.2, 0) is 15.3 Å². The number of fused-ring (bicyclic) bond motifs is 5. The van der Waals surface area contributed by atoms with Crippen LogP contribution in [0.3, 0.4) is 0 Å². The molecular weight excluding hydrogens is 342 g/mol. The molecule has 1 spiro atoms. The molecule has 3 aliphatic heterocycles. The van der Waals surface area contributed by atoms with E-state index in [0.717, 1.165) is 48.7 Å². The van der Waals surface area contributed by atoms with Gasteiger partial charge >= 0.3 is 0 Å². The molecule has 0 atom stereocenters. The zero-order valence-electron chi connectivity index (χ0n) is 15.0. The lowest BCUT2D eigenvalue weighted by Crippen LogP contribution is -2.49. The van der Waals surface area contributed by atoms with E-state index in [4.69, 9.17) is 14.5 Å². The van der Waals surface area contributed by atoms with Gasteiger partial charge in [-0.05, 0) is 43.2 Å². The highest BCUT2D eigenvalue weighted by atomic mass is 16.7. The number of carbonyl (C=O) groups is 1. The Bertz CT molecular complexity index is 904. The Labute approximate surface area is 157 Å². The van der Waals surface area contributed by atoms with Crippen molar-refractivity contribution in [3.8, 4) is 0 Å². The van der Waals surface area contributed by atoms with Crippen LogP contribution in [0.5, 0.6) is 0 Å². The molecule has 138 valence electrons. The fourth-order valence-electron chi connectivity index (χ4n) is 3.96. The first kappa shape index (κ1) is 16.5. The van der Waals surface area contributed by atoms with Gasteiger partial charge in [0.25, 0.3) is 11.7 Å². The molecule has 1 saturated heterocycles. The second kappa shape index (κ2) is 6.48. The fraction of sp³-hybridized carbons (Fsp3) is 0.333. The topological polar surface area (TPSA) is 63.2 Å². The Morgan fingerprint density at radius 1 is 1.07 bits per heavy atom. The third-order valence-electron chi connectivity index (χ3n) is 5.19. The number of rotatable bonds is 2. The van der Waals surface area contributed by atoms with E-state index < -0.39 is 5.79 Å². The molecule has 6 nitrogen and oxygen atoms in total. The second-order valence-corrected chi connectivity index (χ2v) is 6.93. The Morgan fingerprint density at radius 2 is 1.89 bits per heavy atom. The maximum absolute atomic E-state index is 12.5. The van der Waals surface area contributed by atoms with Gasteiger partial charge in [0.2, 0.25) is 0 Å². The van der Waals surface area contributed by atoms with Crippen LogP contribution < -0.4 is 10.2 Å². The van der Waals surface area contributed by atoms with Crippen LogP contribution in [0.1, 0.15) is 28.8 Å². The van der Waals surface area contributed by atoms with Gasteiger partial charge in [-0.15, -0.1) is 0 Å². The summed E-state index contributed by atoms with van der Waals surface area (Å²) in [5.74, 6) is -0.236. The van der Waals surface area contributed by atoms with Gasteiger partial charge < -0.3 is 19.7 Å². The fourth-order valence-corrected chi connectivity index (χ4v) is 3.96. The molecule has 1 N–H and O–H groups in total. The smallest absolute Gasteiger partial charge is 0.257 e. The van der Waals surface area contributed by atoms with Crippen molar-refractivity contribution in [3.63, 3.8) is 0 Å². The number of amidine groups is 1. The molecule has 2 aromatic carbocycles. The predicted octanol–water partition coefficient (Wildman–Crippen LogP) is 3.15. The standard InChI is InChI=1S/C21H21N3O3/c25-19(15-6-2-1-3-7-15)23-16-8-9-18-17(14-16)21(26-12-5-13-27-21)20-22-10-4-11-24(18)20/h1-3,6-9,14H,4-5,10-13H2,(H,23,25). The van der Waals surface area contributed by atoms with E-state index >= 15 is 0 Å². The number of amides is 1. The third kappa shape index (κ3) is 2.64. The monoisotopic (exact) mass is 363 g/mol. The van der Waals surface area contributed by atoms with E-state index in [2.05, 4.69) is 10.2 Å². The average Bonchev–Trinajstić information content (AvgIpc) is 2.99. The highest BCUT2D eigenvalue weighted by Gasteiger charge is 2.53. The van der Waals surface area contributed by atoms with Crippen molar-refractivity contribution in [2.75, 3.05) is 36.5 Å². The number of nitrogens with zero attached hydrogens (tertiary/aromatic N) is 2. The van der Waals surface area contributed by atoms with Crippen molar-refractivity contribution in [1.82, 2.24) is 0 Å². The zero-order valence-corrected chi connectivity index (χ0v) is 15.0. The Kier molecular flexibility index (Phi) is 3.95. The van der Waals surface area contributed by atoms with Crippen molar-refractivity contribution >= 4 is 23.1 Å². The molecule has 1 fully saturated rings. The zero-order chi connectivity index (χ0) is 18.3. The van der Waals surface area contributed by atoms with Crippen molar-refractivity contribution in [2.45, 2.75) is 18.6 Å². The average molecular weight is 363 g/mol. The van der Waals surface area contributed by atoms with Gasteiger partial charge in [0, 0.05) is 29.9 Å². The molecule has 6 heteroatoms. The van der Waals surface area contributed by atoms with Gasteiger partial charge in [0.1, 0.15) is 0 Å². The minimum atomic E-state index is -0.943. The van der Waals surface area contributed by atoms with Crippen LogP contribution >= 0.6 is 0 Å². The normalized spacial score (nSPS) is 20.0. The van der Waals surface area contributed by atoms with E-state index in [1.807, 2.05) is 36.4 Å². The molecule has 0 bridgehead atoms. The van der Waals surface area contributed by atoms with Gasteiger partial charge in [-0.2, -0.15) is 0 Å². The summed E-state index contributed by atoms with van der Waals surface area (Å²) in [6.45, 7) is 2.95. The van der Waals surface area contributed by atoms with Crippen molar-refractivity contribution in [2.24, 2.45) is 4.99 Å². The number of hydrogen-bond donors (Lipinski definition) is 1. The third-order valence-corrected chi connectivity index (χ3v) is 5.19. The molecule has 0 unspecified atom stereocenters. The van der Waals surface area contributed by atoms with Crippen molar-refractivity contribution in [1.29, 1.82) is 0 Å². The van der Waals surface area contributed by atoms with Crippen LogP contribution in [0.25, 0.3) is 0 Å². The molecule has 0 saturated carbocycles. The van der Waals surface area contributed by atoms with Gasteiger partial charge in [-0.25, -0.2) is 0 Å². The largest absolute Gasteiger partial charge is 0.340 e. The molecule has 27 heavy (non-hydrogen) atoms. The number of benzene rings is 2. The lowest BCUT2D eigenvalue weighted by atomic mass is 10.0. The minimum Gasteiger partial charge on any atom is -0.340 e. The van der Waals surface area contributed by atoms with Crippen LogP contribution in [0, 0.1) is 0 Å². The summed E-state index contributed by atoms with van der Waals surface area (Å²) >= 11 is 0. The number of carbonyl (C=O) groups excluding carboxylic acids is 1. The molecule has 3 aliphatic rings. The summed E-state index contributed by atoms with van der Waals surface area (Å²) in [6, 6.07) is 15.1. The molecule has 0 radical (unpaired) electrons. The first-order chi connectivity index (χ1) is 13.3. The van der Waals surface area contributed by atoms with Crippen LogP contribution in [-0.4, -0.2) is 38.0 Å². The van der Waals surface area contributed by atoms with Gasteiger partial charge in [-0.3, -0.25) is 9.79 Å². The highest BCUT2D eigenvalue weighted by Crippen LogP contribution is 2.47. The molecule has 3 heterocycles. The maximum Gasteiger partial charge on any atom is 0.257 e. The molecular formula is C21H21N3O3. The predicted molar refractivity (Wildman–Crippen MR) is 103 cm³/mol.